The first-order valence-electron chi connectivity index (χ1n) is 9.41. The first-order chi connectivity index (χ1) is 13.0. The second kappa shape index (κ2) is 8.33. The summed E-state index contributed by atoms with van der Waals surface area (Å²) in [7, 11) is 0. The SMILES string of the molecule is CCc1noc(CN(C(=O)CN2CC(c3ccccc3)CC2=O)C(C)C)n1. The monoisotopic (exact) mass is 370 g/mol. The number of likely N-dealkylation sites (tertiary alicyclic amines) is 1. The highest BCUT2D eigenvalue weighted by atomic mass is 16.5. The van der Waals surface area contributed by atoms with Gasteiger partial charge in [0.1, 0.15) is 6.54 Å². The van der Waals surface area contributed by atoms with Crippen LogP contribution in [0.4, 0.5) is 0 Å². The Morgan fingerprint density at radius 2 is 2.07 bits per heavy atom. The Kier molecular flexibility index (Phi) is 5.88. The van der Waals surface area contributed by atoms with E-state index in [1.807, 2.05) is 51.1 Å². The second-order valence-electron chi connectivity index (χ2n) is 7.16. The molecule has 144 valence electrons. The maximum absolute atomic E-state index is 12.9. The number of carbonyl (C=O) groups excluding carboxylic acids is 2. The molecule has 1 aliphatic rings. The van der Waals surface area contributed by atoms with Gasteiger partial charge in [-0.2, -0.15) is 4.98 Å². The fraction of sp³-hybridized carbons (Fsp3) is 0.500. The number of carbonyl (C=O) groups is 2. The first-order valence-corrected chi connectivity index (χ1v) is 9.41. The minimum absolute atomic E-state index is 0.0203. The van der Waals surface area contributed by atoms with E-state index >= 15 is 0 Å². The number of hydrogen-bond acceptors (Lipinski definition) is 5. The van der Waals surface area contributed by atoms with Gasteiger partial charge in [0, 0.05) is 31.3 Å². The van der Waals surface area contributed by atoms with Crippen molar-refractivity contribution in [2.75, 3.05) is 13.1 Å². The highest BCUT2D eigenvalue weighted by Gasteiger charge is 2.33. The zero-order chi connectivity index (χ0) is 19.4. The van der Waals surface area contributed by atoms with Crippen LogP contribution in [-0.2, 0) is 22.6 Å². The van der Waals surface area contributed by atoms with E-state index in [-0.39, 0.29) is 36.9 Å². The van der Waals surface area contributed by atoms with Gasteiger partial charge in [-0.05, 0) is 19.4 Å². The highest BCUT2D eigenvalue weighted by Crippen LogP contribution is 2.28. The Balaban J connectivity index is 1.64. The number of benzene rings is 1. The topological polar surface area (TPSA) is 79.5 Å². The van der Waals surface area contributed by atoms with Crippen LogP contribution in [-0.4, -0.2) is 50.9 Å². The molecule has 1 saturated heterocycles. The van der Waals surface area contributed by atoms with Gasteiger partial charge in [0.05, 0.1) is 6.54 Å². The Morgan fingerprint density at radius 3 is 2.70 bits per heavy atom. The quantitative estimate of drug-likeness (QED) is 0.748. The summed E-state index contributed by atoms with van der Waals surface area (Å²) in [4.78, 5) is 32.9. The molecule has 0 bridgehead atoms. The molecule has 27 heavy (non-hydrogen) atoms. The first kappa shape index (κ1) is 19.1. The summed E-state index contributed by atoms with van der Waals surface area (Å²) in [6.45, 7) is 6.73. The Bertz CT molecular complexity index is 788. The van der Waals surface area contributed by atoms with E-state index < -0.39 is 0 Å². The molecular formula is C20H26N4O3. The largest absolute Gasteiger partial charge is 0.337 e. The maximum atomic E-state index is 12.9. The van der Waals surface area contributed by atoms with Gasteiger partial charge in [0.2, 0.25) is 17.7 Å². The zero-order valence-corrected chi connectivity index (χ0v) is 16.1. The molecule has 0 radical (unpaired) electrons. The molecule has 0 N–H and O–H groups in total. The molecule has 2 amide bonds. The van der Waals surface area contributed by atoms with Crippen LogP contribution in [0.2, 0.25) is 0 Å². The summed E-state index contributed by atoms with van der Waals surface area (Å²) in [5.41, 5.74) is 1.14. The van der Waals surface area contributed by atoms with Gasteiger partial charge < -0.3 is 14.3 Å². The lowest BCUT2D eigenvalue weighted by Crippen LogP contribution is -2.43. The van der Waals surface area contributed by atoms with Crippen LogP contribution in [0.1, 0.15) is 50.4 Å². The van der Waals surface area contributed by atoms with Gasteiger partial charge in [0.15, 0.2) is 5.82 Å². The number of rotatable bonds is 7. The minimum atomic E-state index is -0.108. The van der Waals surface area contributed by atoms with Crippen molar-refractivity contribution in [3.8, 4) is 0 Å². The molecule has 7 heteroatoms. The molecule has 1 unspecified atom stereocenters. The van der Waals surface area contributed by atoms with Gasteiger partial charge in [-0.1, -0.05) is 42.4 Å². The van der Waals surface area contributed by atoms with E-state index in [2.05, 4.69) is 10.1 Å². The predicted molar refractivity (Wildman–Crippen MR) is 99.7 cm³/mol. The van der Waals surface area contributed by atoms with Crippen molar-refractivity contribution >= 4 is 11.8 Å². The molecule has 2 aromatic rings. The Labute approximate surface area is 159 Å². The van der Waals surface area contributed by atoms with Crippen LogP contribution in [0, 0.1) is 0 Å². The van der Waals surface area contributed by atoms with E-state index in [1.165, 1.54) is 0 Å². The van der Waals surface area contributed by atoms with Crippen LogP contribution < -0.4 is 0 Å². The number of nitrogens with zero attached hydrogens (tertiary/aromatic N) is 4. The molecule has 3 rings (SSSR count). The Hall–Kier alpha value is -2.70. The molecule has 7 nitrogen and oxygen atoms in total. The lowest BCUT2D eigenvalue weighted by atomic mass is 9.99. The molecule has 0 spiro atoms. The average molecular weight is 370 g/mol. The van der Waals surface area contributed by atoms with E-state index in [4.69, 9.17) is 4.52 Å². The van der Waals surface area contributed by atoms with Gasteiger partial charge in [0.25, 0.3) is 0 Å². The number of hydrogen-bond donors (Lipinski definition) is 0. The molecule has 1 atom stereocenters. The number of aryl methyl sites for hydroxylation is 1. The summed E-state index contributed by atoms with van der Waals surface area (Å²) in [6, 6.07) is 9.95. The van der Waals surface area contributed by atoms with Crippen LogP contribution in [0.5, 0.6) is 0 Å². The third kappa shape index (κ3) is 4.53. The molecule has 1 fully saturated rings. The average Bonchev–Trinajstić information content (AvgIpc) is 3.27. The standard InChI is InChI=1S/C20H26N4O3/c1-4-17-21-18(27-22-17)12-24(14(2)3)20(26)13-23-11-16(10-19(23)25)15-8-6-5-7-9-15/h5-9,14,16H,4,10-13H2,1-3H3. The highest BCUT2D eigenvalue weighted by molar-refractivity contribution is 5.86. The van der Waals surface area contributed by atoms with Crippen LogP contribution in [0.3, 0.4) is 0 Å². The van der Waals surface area contributed by atoms with E-state index in [0.717, 1.165) is 5.56 Å². The van der Waals surface area contributed by atoms with Crippen LogP contribution in [0.15, 0.2) is 34.9 Å². The van der Waals surface area contributed by atoms with E-state index in [0.29, 0.717) is 31.1 Å². The second-order valence-corrected chi connectivity index (χ2v) is 7.16. The van der Waals surface area contributed by atoms with E-state index in [9.17, 15) is 9.59 Å². The lowest BCUT2D eigenvalue weighted by molar-refractivity contribution is -0.140. The third-order valence-corrected chi connectivity index (χ3v) is 4.89. The summed E-state index contributed by atoms with van der Waals surface area (Å²) in [6.07, 6.45) is 1.13. The van der Waals surface area contributed by atoms with Gasteiger partial charge >= 0.3 is 0 Å². The van der Waals surface area contributed by atoms with Crippen molar-refractivity contribution in [1.29, 1.82) is 0 Å². The Morgan fingerprint density at radius 1 is 1.33 bits per heavy atom. The smallest absolute Gasteiger partial charge is 0.246 e. The molecule has 1 aromatic heterocycles. The van der Waals surface area contributed by atoms with Crippen molar-refractivity contribution in [1.82, 2.24) is 19.9 Å². The van der Waals surface area contributed by atoms with Gasteiger partial charge in [-0.3, -0.25) is 9.59 Å². The summed E-state index contributed by atoms with van der Waals surface area (Å²) >= 11 is 0. The molecular weight excluding hydrogens is 344 g/mol. The van der Waals surface area contributed by atoms with Crippen molar-refractivity contribution in [3.63, 3.8) is 0 Å². The van der Waals surface area contributed by atoms with Gasteiger partial charge in [-0.25, -0.2) is 0 Å². The van der Waals surface area contributed by atoms with Crippen LogP contribution >= 0.6 is 0 Å². The molecule has 1 aromatic carbocycles. The summed E-state index contributed by atoms with van der Waals surface area (Å²) in [5, 5.41) is 3.88. The predicted octanol–water partition coefficient (Wildman–Crippen LogP) is 2.39. The van der Waals surface area contributed by atoms with Gasteiger partial charge in [-0.15, -0.1) is 0 Å². The van der Waals surface area contributed by atoms with E-state index in [1.54, 1.807) is 9.80 Å². The number of aromatic nitrogens is 2. The van der Waals surface area contributed by atoms with Crippen molar-refractivity contribution in [3.05, 3.63) is 47.6 Å². The molecule has 2 heterocycles. The molecule has 1 aliphatic heterocycles. The van der Waals surface area contributed by atoms with Crippen molar-refractivity contribution in [2.45, 2.75) is 52.1 Å². The molecule has 0 aliphatic carbocycles. The zero-order valence-electron chi connectivity index (χ0n) is 16.1. The normalized spacial score (nSPS) is 17.0. The van der Waals surface area contributed by atoms with Crippen molar-refractivity contribution < 1.29 is 14.1 Å². The number of amides is 2. The fourth-order valence-electron chi connectivity index (χ4n) is 3.33. The molecule has 0 saturated carbocycles. The third-order valence-electron chi connectivity index (χ3n) is 4.89. The van der Waals surface area contributed by atoms with Crippen LogP contribution in [0.25, 0.3) is 0 Å². The maximum Gasteiger partial charge on any atom is 0.246 e. The van der Waals surface area contributed by atoms with Crippen molar-refractivity contribution in [2.24, 2.45) is 0 Å². The fourth-order valence-corrected chi connectivity index (χ4v) is 3.33. The lowest BCUT2D eigenvalue weighted by Gasteiger charge is -2.27. The minimum Gasteiger partial charge on any atom is -0.337 e. The summed E-state index contributed by atoms with van der Waals surface area (Å²) < 4.78 is 5.22. The summed E-state index contributed by atoms with van der Waals surface area (Å²) in [5.74, 6) is 1.10.